The fourth-order valence-corrected chi connectivity index (χ4v) is 1.73. The molecule has 1 N–H and O–H groups in total. The van der Waals surface area contributed by atoms with Gasteiger partial charge in [0.1, 0.15) is 0 Å². The van der Waals surface area contributed by atoms with Crippen molar-refractivity contribution in [3.63, 3.8) is 0 Å². The van der Waals surface area contributed by atoms with Crippen molar-refractivity contribution in [2.45, 2.75) is 26.7 Å². The molecule has 0 aliphatic rings. The molecule has 0 radical (unpaired) electrons. The number of nitro groups is 2. The highest BCUT2D eigenvalue weighted by Gasteiger charge is 2.28. The third-order valence-electron chi connectivity index (χ3n) is 2.71. The second-order valence-electron chi connectivity index (χ2n) is 4.47. The first kappa shape index (κ1) is 17.3. The van der Waals surface area contributed by atoms with Crippen molar-refractivity contribution < 1.29 is 19.4 Å². The Labute approximate surface area is 126 Å². The number of carbonyl (C=O) groups is 1. The number of nitrogens with one attached hydrogen (secondary N) is 1. The summed E-state index contributed by atoms with van der Waals surface area (Å²) in [4.78, 5) is 32.5. The summed E-state index contributed by atoms with van der Waals surface area (Å²) < 4.78 is 4.86. The molecule has 0 fully saturated rings. The van der Waals surface area contributed by atoms with Crippen molar-refractivity contribution in [3.8, 4) is 0 Å². The molecule has 0 saturated carbocycles. The normalized spacial score (nSPS) is 10.1. The van der Waals surface area contributed by atoms with Crippen LogP contribution in [0, 0.1) is 20.2 Å². The van der Waals surface area contributed by atoms with Gasteiger partial charge in [-0.05, 0) is 12.8 Å². The van der Waals surface area contributed by atoms with Gasteiger partial charge in [0, 0.05) is 18.7 Å². The van der Waals surface area contributed by atoms with Gasteiger partial charge < -0.3 is 10.1 Å². The first-order chi connectivity index (χ1) is 10.4. The first-order valence-corrected chi connectivity index (χ1v) is 6.80. The molecule has 0 saturated heterocycles. The standard InChI is InChI=1S/C13H17N3O6/c1-3-5-14-12-10(15(18)19)7-9(8-11(12)16(20)21)13(17)22-6-4-2/h7-8,14H,3-6H2,1-2H3. The molecular weight excluding hydrogens is 294 g/mol. The predicted octanol–water partition coefficient (Wildman–Crippen LogP) is 2.89. The zero-order chi connectivity index (χ0) is 16.7. The highest BCUT2D eigenvalue weighted by atomic mass is 16.6. The summed E-state index contributed by atoms with van der Waals surface area (Å²) in [6.07, 6.45) is 1.21. The highest BCUT2D eigenvalue weighted by Crippen LogP contribution is 2.35. The van der Waals surface area contributed by atoms with Gasteiger partial charge in [0.05, 0.1) is 22.0 Å². The zero-order valence-corrected chi connectivity index (χ0v) is 12.3. The number of nitro benzene ring substituents is 2. The maximum atomic E-state index is 11.8. The van der Waals surface area contributed by atoms with Gasteiger partial charge in [-0.15, -0.1) is 0 Å². The Kier molecular flexibility index (Phi) is 6.24. The number of rotatable bonds is 8. The summed E-state index contributed by atoms with van der Waals surface area (Å²) in [5, 5.41) is 24.9. The van der Waals surface area contributed by atoms with Crippen LogP contribution in [-0.2, 0) is 4.74 Å². The van der Waals surface area contributed by atoms with Crippen LogP contribution in [0.25, 0.3) is 0 Å². The van der Waals surface area contributed by atoms with Crippen molar-refractivity contribution >= 4 is 23.0 Å². The van der Waals surface area contributed by atoms with Crippen LogP contribution >= 0.6 is 0 Å². The van der Waals surface area contributed by atoms with E-state index in [4.69, 9.17) is 4.74 Å². The van der Waals surface area contributed by atoms with Crippen LogP contribution in [0.1, 0.15) is 37.0 Å². The van der Waals surface area contributed by atoms with Gasteiger partial charge in [0.25, 0.3) is 11.4 Å². The van der Waals surface area contributed by atoms with E-state index in [0.717, 1.165) is 12.1 Å². The lowest BCUT2D eigenvalue weighted by Crippen LogP contribution is -2.11. The minimum absolute atomic E-state index is 0.135. The second-order valence-corrected chi connectivity index (χ2v) is 4.47. The van der Waals surface area contributed by atoms with Crippen LogP contribution in [0.5, 0.6) is 0 Å². The van der Waals surface area contributed by atoms with E-state index < -0.39 is 27.2 Å². The number of benzene rings is 1. The molecular formula is C13H17N3O6. The smallest absolute Gasteiger partial charge is 0.338 e. The summed E-state index contributed by atoms with van der Waals surface area (Å²) in [5.74, 6) is -0.824. The first-order valence-electron chi connectivity index (χ1n) is 6.80. The second kappa shape index (κ2) is 7.91. The SMILES string of the molecule is CCCNc1c([N+](=O)[O-])cc(C(=O)OCCC)cc1[N+](=O)[O-]. The van der Waals surface area contributed by atoms with Gasteiger partial charge in [0.15, 0.2) is 5.69 Å². The molecule has 0 unspecified atom stereocenters. The molecule has 1 aromatic rings. The Morgan fingerprint density at radius 2 is 1.68 bits per heavy atom. The summed E-state index contributed by atoms with van der Waals surface area (Å²) >= 11 is 0. The summed E-state index contributed by atoms with van der Waals surface area (Å²) in [7, 11) is 0. The topological polar surface area (TPSA) is 125 Å². The van der Waals surface area contributed by atoms with E-state index in [0.29, 0.717) is 19.4 Å². The van der Waals surface area contributed by atoms with Crippen LogP contribution in [0.4, 0.5) is 17.1 Å². The molecule has 1 rings (SSSR count). The molecule has 0 amide bonds. The number of nitrogens with zero attached hydrogens (tertiary/aromatic N) is 2. The molecule has 1 aromatic carbocycles. The van der Waals surface area contributed by atoms with E-state index in [9.17, 15) is 25.0 Å². The van der Waals surface area contributed by atoms with Crippen LogP contribution in [0.2, 0.25) is 0 Å². The fourth-order valence-electron chi connectivity index (χ4n) is 1.73. The molecule has 0 heterocycles. The third kappa shape index (κ3) is 4.14. The largest absolute Gasteiger partial charge is 0.462 e. The lowest BCUT2D eigenvalue weighted by atomic mass is 10.1. The average Bonchev–Trinajstić information content (AvgIpc) is 2.49. The van der Waals surface area contributed by atoms with Crippen molar-refractivity contribution in [1.29, 1.82) is 0 Å². The molecule has 0 aliphatic carbocycles. The molecule has 0 atom stereocenters. The summed E-state index contributed by atoms with van der Waals surface area (Å²) in [5.41, 5.74) is -1.46. The minimum atomic E-state index is -0.824. The van der Waals surface area contributed by atoms with Crippen LogP contribution in [-0.4, -0.2) is 29.0 Å². The Bertz CT molecular complexity index is 552. The van der Waals surface area contributed by atoms with Crippen molar-refractivity contribution in [3.05, 3.63) is 37.9 Å². The maximum absolute atomic E-state index is 11.8. The highest BCUT2D eigenvalue weighted by molar-refractivity contribution is 5.93. The molecule has 0 aliphatic heterocycles. The van der Waals surface area contributed by atoms with E-state index in [1.807, 2.05) is 6.92 Å². The number of carbonyl (C=O) groups excluding carboxylic acids is 1. The van der Waals surface area contributed by atoms with E-state index in [1.165, 1.54) is 0 Å². The monoisotopic (exact) mass is 311 g/mol. The van der Waals surface area contributed by atoms with E-state index in [2.05, 4.69) is 5.32 Å². The minimum Gasteiger partial charge on any atom is -0.462 e. The Morgan fingerprint density at radius 1 is 1.14 bits per heavy atom. The van der Waals surface area contributed by atoms with Gasteiger partial charge in [-0.3, -0.25) is 20.2 Å². The van der Waals surface area contributed by atoms with Gasteiger partial charge in [0.2, 0.25) is 0 Å². The van der Waals surface area contributed by atoms with E-state index in [-0.39, 0.29) is 17.9 Å². The number of hydrogen-bond acceptors (Lipinski definition) is 7. The quantitative estimate of drug-likeness (QED) is 0.444. The summed E-state index contributed by atoms with van der Waals surface area (Å²) in [6.45, 7) is 4.08. The molecule has 0 spiro atoms. The lowest BCUT2D eigenvalue weighted by molar-refractivity contribution is -0.392. The zero-order valence-electron chi connectivity index (χ0n) is 12.3. The average molecular weight is 311 g/mol. The van der Waals surface area contributed by atoms with Gasteiger partial charge >= 0.3 is 5.97 Å². The molecule has 0 aromatic heterocycles. The fraction of sp³-hybridized carbons (Fsp3) is 0.462. The number of esters is 1. The molecule has 0 bridgehead atoms. The van der Waals surface area contributed by atoms with Crippen molar-refractivity contribution in [2.24, 2.45) is 0 Å². The lowest BCUT2D eigenvalue weighted by Gasteiger charge is -2.09. The van der Waals surface area contributed by atoms with Crippen LogP contribution in [0.15, 0.2) is 12.1 Å². The van der Waals surface area contributed by atoms with Gasteiger partial charge in [-0.2, -0.15) is 0 Å². The molecule has 9 heteroatoms. The summed E-state index contributed by atoms with van der Waals surface area (Å²) in [6, 6.07) is 1.98. The number of hydrogen-bond donors (Lipinski definition) is 1. The Morgan fingerprint density at radius 3 is 2.09 bits per heavy atom. The van der Waals surface area contributed by atoms with Crippen molar-refractivity contribution in [2.75, 3.05) is 18.5 Å². The van der Waals surface area contributed by atoms with Gasteiger partial charge in [-0.25, -0.2) is 4.79 Å². The maximum Gasteiger partial charge on any atom is 0.338 e. The van der Waals surface area contributed by atoms with Crippen molar-refractivity contribution in [1.82, 2.24) is 0 Å². The predicted molar refractivity (Wildman–Crippen MR) is 79.1 cm³/mol. The van der Waals surface area contributed by atoms with Gasteiger partial charge in [-0.1, -0.05) is 13.8 Å². The van der Waals surface area contributed by atoms with Crippen LogP contribution in [0.3, 0.4) is 0 Å². The Balaban J connectivity index is 3.36. The molecule has 9 nitrogen and oxygen atoms in total. The molecule has 120 valence electrons. The number of ether oxygens (including phenoxy) is 1. The van der Waals surface area contributed by atoms with Crippen LogP contribution < -0.4 is 5.32 Å². The Hall–Kier alpha value is -2.71. The molecule has 22 heavy (non-hydrogen) atoms. The number of anilines is 1. The van der Waals surface area contributed by atoms with E-state index in [1.54, 1.807) is 6.92 Å². The van der Waals surface area contributed by atoms with E-state index >= 15 is 0 Å². The third-order valence-corrected chi connectivity index (χ3v) is 2.71.